The maximum Gasteiger partial charge on any atom is 0.258 e. The average Bonchev–Trinajstić information content (AvgIpc) is 3.25. The minimum Gasteiger partial charge on any atom is -0.484 e. The summed E-state index contributed by atoms with van der Waals surface area (Å²) >= 11 is 5.67. The molecular weight excluding hydrogens is 463 g/mol. The van der Waals surface area contributed by atoms with Gasteiger partial charge < -0.3 is 20.5 Å². The Kier molecular flexibility index (Phi) is 6.48. The van der Waals surface area contributed by atoms with Gasteiger partial charge in [0.15, 0.2) is 6.61 Å². The fourth-order valence-electron chi connectivity index (χ4n) is 6.24. The van der Waals surface area contributed by atoms with Crippen LogP contribution in [0, 0.1) is 11.7 Å². The van der Waals surface area contributed by atoms with E-state index in [4.69, 9.17) is 16.3 Å². The molecule has 5 aliphatic rings. The van der Waals surface area contributed by atoms with Gasteiger partial charge in [-0.2, -0.15) is 0 Å². The molecule has 3 aliphatic carbocycles. The number of hydrazine groups is 1. The van der Waals surface area contributed by atoms with Crippen molar-refractivity contribution >= 4 is 23.4 Å². The van der Waals surface area contributed by atoms with Gasteiger partial charge in [-0.05, 0) is 57.1 Å². The van der Waals surface area contributed by atoms with E-state index in [1.165, 1.54) is 12.1 Å². The van der Waals surface area contributed by atoms with Gasteiger partial charge in [0.25, 0.3) is 5.91 Å². The van der Waals surface area contributed by atoms with Crippen LogP contribution in [-0.2, 0) is 9.59 Å². The first-order valence-electron chi connectivity index (χ1n) is 12.2. The fraction of sp³-hybridized carbons (Fsp3) is 0.667. The minimum absolute atomic E-state index is 0.0148. The quantitative estimate of drug-likeness (QED) is 0.481. The third-order valence-corrected chi connectivity index (χ3v) is 8.53. The highest BCUT2D eigenvalue weighted by atomic mass is 35.5. The summed E-state index contributed by atoms with van der Waals surface area (Å²) in [5, 5.41) is 19.5. The van der Waals surface area contributed by atoms with E-state index in [1.807, 2.05) is 0 Å². The summed E-state index contributed by atoms with van der Waals surface area (Å²) in [4.78, 5) is 25.8. The standard InChI is InChI=1S/C24H32ClFN4O4/c25-17-5-4-15(11-18(17)26)34-14-21(32)28-24-8-6-23(7-9-24,12-20(24)31)29-22(33)16-13-27-30-10-2-1-3-19(16)30/h4-5,11,16,19-20,27,31H,1-3,6-10,12-14H2,(H,28,32)(H,29,33). The predicted molar refractivity (Wildman–Crippen MR) is 124 cm³/mol. The van der Waals surface area contributed by atoms with Gasteiger partial charge in [-0.25, -0.2) is 9.40 Å². The second kappa shape index (κ2) is 9.26. The first kappa shape index (κ1) is 23.8. The van der Waals surface area contributed by atoms with Crippen LogP contribution in [0.4, 0.5) is 4.39 Å². The number of hydrogen-bond acceptors (Lipinski definition) is 6. The summed E-state index contributed by atoms with van der Waals surface area (Å²) in [6.45, 7) is 1.35. The first-order valence-corrected chi connectivity index (χ1v) is 12.6. The molecule has 3 atom stereocenters. The number of carbonyl (C=O) groups excluding carboxylic acids is 2. The molecule has 6 rings (SSSR count). The molecule has 5 fully saturated rings. The van der Waals surface area contributed by atoms with E-state index >= 15 is 0 Å². The zero-order valence-electron chi connectivity index (χ0n) is 19.1. The van der Waals surface area contributed by atoms with Crippen LogP contribution in [0.5, 0.6) is 5.75 Å². The van der Waals surface area contributed by atoms with Gasteiger partial charge in [-0.1, -0.05) is 18.0 Å². The monoisotopic (exact) mass is 494 g/mol. The lowest BCUT2D eigenvalue weighted by atomic mass is 9.59. The molecule has 4 N–H and O–H groups in total. The van der Waals surface area contributed by atoms with Crippen molar-refractivity contribution < 1.29 is 23.8 Å². The van der Waals surface area contributed by atoms with Gasteiger partial charge in [0.1, 0.15) is 11.6 Å². The van der Waals surface area contributed by atoms with E-state index in [0.29, 0.717) is 38.6 Å². The van der Waals surface area contributed by atoms with Crippen molar-refractivity contribution in [2.45, 2.75) is 74.6 Å². The maximum absolute atomic E-state index is 13.6. The van der Waals surface area contributed by atoms with E-state index < -0.39 is 23.0 Å². The van der Waals surface area contributed by atoms with Gasteiger partial charge in [0.05, 0.1) is 22.6 Å². The number of hydrogen-bond donors (Lipinski definition) is 4. The van der Waals surface area contributed by atoms with Crippen LogP contribution in [0.3, 0.4) is 0 Å². The Hall–Kier alpha value is -1.94. The Bertz CT molecular complexity index is 955. The number of nitrogens with zero attached hydrogens (tertiary/aromatic N) is 1. The van der Waals surface area contributed by atoms with E-state index in [2.05, 4.69) is 21.1 Å². The molecule has 1 aromatic rings. The first-order chi connectivity index (χ1) is 16.3. The van der Waals surface area contributed by atoms with Crippen LogP contribution in [0.2, 0.25) is 5.02 Å². The van der Waals surface area contributed by atoms with Crippen LogP contribution in [0.15, 0.2) is 18.2 Å². The van der Waals surface area contributed by atoms with Crippen molar-refractivity contribution in [2.75, 3.05) is 19.7 Å². The third kappa shape index (κ3) is 4.51. The summed E-state index contributed by atoms with van der Waals surface area (Å²) in [6, 6.07) is 4.25. The molecule has 186 valence electrons. The Balaban J connectivity index is 1.15. The van der Waals surface area contributed by atoms with E-state index in [9.17, 15) is 19.1 Å². The lowest BCUT2D eigenvalue weighted by Crippen LogP contribution is -2.70. The number of halogens is 2. The maximum atomic E-state index is 13.6. The van der Waals surface area contributed by atoms with Crippen molar-refractivity contribution in [1.82, 2.24) is 21.1 Å². The summed E-state index contributed by atoms with van der Waals surface area (Å²) in [5.41, 5.74) is 2.21. The Morgan fingerprint density at radius 1 is 1.24 bits per heavy atom. The topological polar surface area (TPSA) is 103 Å². The molecule has 0 aromatic heterocycles. The minimum atomic E-state index is -0.764. The normalized spacial score (nSPS) is 35.0. The second-order valence-corrected chi connectivity index (χ2v) is 10.7. The molecule has 10 heteroatoms. The van der Waals surface area contributed by atoms with Gasteiger partial charge in [-0.15, -0.1) is 0 Å². The van der Waals surface area contributed by atoms with Gasteiger partial charge in [-0.3, -0.25) is 15.0 Å². The third-order valence-electron chi connectivity index (χ3n) is 8.22. The molecule has 2 heterocycles. The smallest absolute Gasteiger partial charge is 0.258 e. The zero-order chi connectivity index (χ0) is 23.9. The van der Waals surface area contributed by atoms with Crippen molar-refractivity contribution in [3.05, 3.63) is 29.0 Å². The van der Waals surface area contributed by atoms with Gasteiger partial charge in [0.2, 0.25) is 5.91 Å². The van der Waals surface area contributed by atoms with Crippen molar-refractivity contribution in [3.8, 4) is 5.75 Å². The summed E-state index contributed by atoms with van der Waals surface area (Å²) in [7, 11) is 0. The number of benzene rings is 1. The Morgan fingerprint density at radius 2 is 2.03 bits per heavy atom. The summed E-state index contributed by atoms with van der Waals surface area (Å²) in [6.07, 6.45) is 5.54. The number of rotatable bonds is 6. The van der Waals surface area contributed by atoms with Crippen LogP contribution < -0.4 is 20.8 Å². The highest BCUT2D eigenvalue weighted by Gasteiger charge is 2.56. The van der Waals surface area contributed by atoms with E-state index in [0.717, 1.165) is 31.9 Å². The van der Waals surface area contributed by atoms with Crippen LogP contribution >= 0.6 is 11.6 Å². The van der Waals surface area contributed by atoms with E-state index in [-0.39, 0.29) is 41.2 Å². The SMILES string of the molecule is O=C(COc1ccc(Cl)c(F)c1)NC12CCC(NC(=O)C3CNN4CCCCC34)(CC1)CC2O. The largest absolute Gasteiger partial charge is 0.484 e. The zero-order valence-corrected chi connectivity index (χ0v) is 19.9. The predicted octanol–water partition coefficient (Wildman–Crippen LogP) is 1.90. The molecule has 2 saturated heterocycles. The molecule has 2 aliphatic heterocycles. The van der Waals surface area contributed by atoms with Gasteiger partial charge >= 0.3 is 0 Å². The lowest BCUT2D eigenvalue weighted by Gasteiger charge is -2.56. The van der Waals surface area contributed by atoms with Crippen LogP contribution in [0.1, 0.15) is 51.4 Å². The summed E-state index contributed by atoms with van der Waals surface area (Å²) in [5.74, 6) is -0.786. The Labute approximate surface area is 203 Å². The number of ether oxygens (including phenoxy) is 1. The van der Waals surface area contributed by atoms with Crippen LogP contribution in [-0.4, -0.2) is 64.8 Å². The highest BCUT2D eigenvalue weighted by molar-refractivity contribution is 6.30. The number of nitrogens with one attached hydrogen (secondary N) is 3. The molecule has 3 unspecified atom stereocenters. The number of aliphatic hydroxyl groups is 1. The fourth-order valence-corrected chi connectivity index (χ4v) is 6.35. The molecule has 2 amide bonds. The molecule has 0 spiro atoms. The number of amides is 2. The number of piperidine rings is 1. The Morgan fingerprint density at radius 3 is 2.76 bits per heavy atom. The molecule has 2 bridgehead atoms. The number of fused-ring (bicyclic) bond motifs is 4. The molecule has 3 saturated carbocycles. The molecule has 8 nitrogen and oxygen atoms in total. The lowest BCUT2D eigenvalue weighted by molar-refractivity contribution is -0.138. The number of aliphatic hydroxyl groups excluding tert-OH is 1. The highest BCUT2D eigenvalue weighted by Crippen LogP contribution is 2.47. The van der Waals surface area contributed by atoms with E-state index in [1.54, 1.807) is 0 Å². The van der Waals surface area contributed by atoms with Crippen LogP contribution in [0.25, 0.3) is 0 Å². The molecule has 34 heavy (non-hydrogen) atoms. The second-order valence-electron chi connectivity index (χ2n) is 10.3. The number of carbonyl (C=O) groups is 2. The summed E-state index contributed by atoms with van der Waals surface area (Å²) < 4.78 is 19.0. The molecule has 0 radical (unpaired) electrons. The molecule has 1 aromatic carbocycles. The van der Waals surface area contributed by atoms with Crippen molar-refractivity contribution in [2.24, 2.45) is 5.92 Å². The van der Waals surface area contributed by atoms with Gasteiger partial charge in [0, 0.05) is 30.7 Å². The molecular formula is C24H32ClFN4O4. The van der Waals surface area contributed by atoms with Crippen molar-refractivity contribution in [3.63, 3.8) is 0 Å². The van der Waals surface area contributed by atoms with Crippen molar-refractivity contribution in [1.29, 1.82) is 0 Å². The average molecular weight is 495 g/mol.